The van der Waals surface area contributed by atoms with Gasteiger partial charge >= 0.3 is 0 Å². The van der Waals surface area contributed by atoms with E-state index in [-0.39, 0.29) is 0 Å². The number of fused-ring (bicyclic) bond motifs is 1. The van der Waals surface area contributed by atoms with Crippen LogP contribution in [0.1, 0.15) is 65.3 Å². The van der Waals surface area contributed by atoms with Gasteiger partial charge in [-0.05, 0) is 49.5 Å². The lowest BCUT2D eigenvalue weighted by Crippen LogP contribution is -2.38. The Morgan fingerprint density at radius 3 is 2.53 bits per heavy atom. The van der Waals surface area contributed by atoms with E-state index in [4.69, 9.17) is 0 Å². The van der Waals surface area contributed by atoms with Crippen molar-refractivity contribution in [3.05, 3.63) is 17.5 Å². The van der Waals surface area contributed by atoms with Crippen molar-refractivity contribution in [2.75, 3.05) is 0 Å². The lowest BCUT2D eigenvalue weighted by molar-refractivity contribution is 0.0881. The van der Waals surface area contributed by atoms with Gasteiger partial charge < -0.3 is 0 Å². The molecular weight excluding hydrogens is 208 g/mol. The fourth-order valence-electron chi connectivity index (χ4n) is 2.83. The molecule has 0 bridgehead atoms. The summed E-state index contributed by atoms with van der Waals surface area (Å²) in [7, 11) is 0. The molecule has 2 rings (SSSR count). The zero-order valence-corrected chi connectivity index (χ0v) is 12.2. The van der Waals surface area contributed by atoms with Gasteiger partial charge in [0, 0.05) is 11.7 Å². The van der Waals surface area contributed by atoms with E-state index in [9.17, 15) is 0 Å². The zero-order valence-electron chi connectivity index (χ0n) is 12.2. The third-order valence-corrected chi connectivity index (χ3v) is 4.78. The van der Waals surface area contributed by atoms with Crippen LogP contribution in [0, 0.1) is 10.8 Å². The average Bonchev–Trinajstić information content (AvgIpc) is 2.58. The Hall–Kier alpha value is -0.790. The van der Waals surface area contributed by atoms with E-state index >= 15 is 0 Å². The number of nitrogens with zero attached hydrogens (tertiary/aromatic N) is 2. The van der Waals surface area contributed by atoms with Crippen LogP contribution in [-0.4, -0.2) is 9.78 Å². The molecule has 2 heteroatoms. The van der Waals surface area contributed by atoms with Gasteiger partial charge in [0.15, 0.2) is 0 Å². The van der Waals surface area contributed by atoms with Crippen LogP contribution in [0.4, 0.5) is 0 Å². The lowest BCUT2D eigenvalue weighted by atomic mass is 9.60. The second-order valence-electron chi connectivity index (χ2n) is 7.14. The molecule has 0 saturated carbocycles. The van der Waals surface area contributed by atoms with Crippen molar-refractivity contribution in [3.63, 3.8) is 0 Å². The molecule has 1 aromatic rings. The summed E-state index contributed by atoms with van der Waals surface area (Å²) in [4.78, 5) is 0. The van der Waals surface area contributed by atoms with Crippen LogP contribution in [0.3, 0.4) is 0 Å². The van der Waals surface area contributed by atoms with Gasteiger partial charge in [-0.1, -0.05) is 27.7 Å². The molecule has 0 fully saturated rings. The van der Waals surface area contributed by atoms with Gasteiger partial charge in [-0.15, -0.1) is 0 Å². The monoisotopic (exact) mass is 234 g/mol. The van der Waals surface area contributed by atoms with Crippen molar-refractivity contribution in [1.82, 2.24) is 9.78 Å². The zero-order chi connectivity index (χ0) is 12.8. The minimum Gasteiger partial charge on any atom is -0.267 e. The lowest BCUT2D eigenvalue weighted by Gasteiger charge is -2.45. The molecule has 0 N–H and O–H groups in total. The summed E-state index contributed by atoms with van der Waals surface area (Å²) in [6.45, 7) is 14.0. The largest absolute Gasteiger partial charge is 0.267 e. The van der Waals surface area contributed by atoms with Gasteiger partial charge in [0.05, 0.1) is 6.20 Å². The van der Waals surface area contributed by atoms with Crippen LogP contribution in [0.2, 0.25) is 0 Å². The molecule has 1 unspecified atom stereocenters. The minimum absolute atomic E-state index is 0.366. The highest BCUT2D eigenvalue weighted by Gasteiger charge is 2.41. The topological polar surface area (TPSA) is 17.8 Å². The Bertz CT molecular complexity index is 409. The Kier molecular flexibility index (Phi) is 2.87. The van der Waals surface area contributed by atoms with E-state index in [1.165, 1.54) is 30.5 Å². The molecule has 0 saturated heterocycles. The summed E-state index contributed by atoms with van der Waals surface area (Å²) in [5.74, 6) is 0. The van der Waals surface area contributed by atoms with Crippen molar-refractivity contribution in [1.29, 1.82) is 0 Å². The fraction of sp³-hybridized carbons (Fsp3) is 0.800. The summed E-state index contributed by atoms with van der Waals surface area (Å²) in [5.41, 5.74) is 3.72. The Balaban J connectivity index is 2.33. The highest BCUT2D eigenvalue weighted by molar-refractivity contribution is 5.24. The summed E-state index contributed by atoms with van der Waals surface area (Å²) in [6, 6.07) is 0.484. The highest BCUT2D eigenvalue weighted by Crippen LogP contribution is 2.47. The van der Waals surface area contributed by atoms with Gasteiger partial charge in [0.2, 0.25) is 0 Å². The molecule has 17 heavy (non-hydrogen) atoms. The van der Waals surface area contributed by atoms with E-state index in [1.54, 1.807) is 0 Å². The third kappa shape index (κ3) is 2.02. The second kappa shape index (κ2) is 3.86. The van der Waals surface area contributed by atoms with E-state index in [2.05, 4.69) is 57.5 Å². The van der Waals surface area contributed by atoms with Crippen LogP contribution in [0.15, 0.2) is 6.20 Å². The van der Waals surface area contributed by atoms with E-state index in [0.717, 1.165) is 0 Å². The normalized spacial score (nSPS) is 25.1. The fourth-order valence-corrected chi connectivity index (χ4v) is 2.83. The molecule has 0 radical (unpaired) electrons. The first kappa shape index (κ1) is 12.7. The smallest absolute Gasteiger partial charge is 0.0524 e. The summed E-state index contributed by atoms with van der Waals surface area (Å²) in [6.07, 6.45) is 5.74. The average molecular weight is 234 g/mol. The van der Waals surface area contributed by atoms with Crippen molar-refractivity contribution in [3.8, 4) is 0 Å². The van der Waals surface area contributed by atoms with E-state index < -0.39 is 0 Å². The maximum absolute atomic E-state index is 4.56. The molecule has 1 atom stereocenters. The third-order valence-electron chi connectivity index (χ3n) is 4.78. The van der Waals surface area contributed by atoms with Gasteiger partial charge in [-0.3, -0.25) is 4.68 Å². The van der Waals surface area contributed by atoms with Crippen molar-refractivity contribution >= 4 is 0 Å². The minimum atomic E-state index is 0.366. The van der Waals surface area contributed by atoms with Crippen molar-refractivity contribution in [2.24, 2.45) is 10.8 Å². The van der Waals surface area contributed by atoms with Crippen LogP contribution in [-0.2, 0) is 12.8 Å². The molecule has 1 aliphatic carbocycles. The standard InChI is InChI=1S/C15H26N2/c1-11(2)17-13-7-8-15(6,14(3,4)5)9-12(13)10-16-17/h10-11H,7-9H2,1-6H3. The predicted octanol–water partition coefficient (Wildman–Crippen LogP) is 4.01. The number of hydrogen-bond acceptors (Lipinski definition) is 1. The van der Waals surface area contributed by atoms with Gasteiger partial charge in [-0.2, -0.15) is 5.10 Å². The molecule has 1 aromatic heterocycles. The number of aromatic nitrogens is 2. The van der Waals surface area contributed by atoms with Crippen LogP contribution in [0.25, 0.3) is 0 Å². The maximum atomic E-state index is 4.56. The maximum Gasteiger partial charge on any atom is 0.0524 e. The quantitative estimate of drug-likeness (QED) is 0.718. The Labute approximate surface area is 105 Å². The first-order valence-corrected chi connectivity index (χ1v) is 6.80. The van der Waals surface area contributed by atoms with Gasteiger partial charge in [0.25, 0.3) is 0 Å². The van der Waals surface area contributed by atoms with E-state index in [1.807, 2.05) is 0 Å². The Morgan fingerprint density at radius 2 is 2.00 bits per heavy atom. The molecule has 0 aromatic carbocycles. The van der Waals surface area contributed by atoms with Crippen LogP contribution in [0.5, 0.6) is 0 Å². The van der Waals surface area contributed by atoms with Crippen LogP contribution >= 0.6 is 0 Å². The SMILES string of the molecule is CC(C)n1ncc2c1CCC(C)(C(C)(C)C)C2. The second-order valence-corrected chi connectivity index (χ2v) is 7.14. The highest BCUT2D eigenvalue weighted by atomic mass is 15.3. The molecule has 2 nitrogen and oxygen atoms in total. The van der Waals surface area contributed by atoms with Crippen molar-refractivity contribution < 1.29 is 0 Å². The molecule has 0 amide bonds. The predicted molar refractivity (Wildman–Crippen MR) is 72.2 cm³/mol. The summed E-state index contributed by atoms with van der Waals surface area (Å²) >= 11 is 0. The van der Waals surface area contributed by atoms with E-state index in [0.29, 0.717) is 16.9 Å². The first-order valence-electron chi connectivity index (χ1n) is 6.80. The van der Waals surface area contributed by atoms with Gasteiger partial charge in [0.1, 0.15) is 0 Å². The number of hydrogen-bond donors (Lipinski definition) is 0. The first-order chi connectivity index (χ1) is 7.74. The van der Waals surface area contributed by atoms with Gasteiger partial charge in [-0.25, -0.2) is 0 Å². The summed E-state index contributed by atoms with van der Waals surface area (Å²) in [5, 5.41) is 4.56. The molecule has 0 spiro atoms. The molecular formula is C15H26N2. The van der Waals surface area contributed by atoms with Crippen molar-refractivity contribution in [2.45, 2.75) is 66.8 Å². The molecule has 1 aliphatic rings. The summed E-state index contributed by atoms with van der Waals surface area (Å²) < 4.78 is 2.21. The molecule has 0 aliphatic heterocycles. The molecule has 96 valence electrons. The number of rotatable bonds is 1. The Morgan fingerprint density at radius 1 is 1.35 bits per heavy atom. The molecule has 1 heterocycles. The van der Waals surface area contributed by atoms with Crippen LogP contribution < -0.4 is 0 Å².